The van der Waals surface area contributed by atoms with Crippen LogP contribution in [0.5, 0.6) is 0 Å². The quantitative estimate of drug-likeness (QED) is 0.757. The van der Waals surface area contributed by atoms with Gasteiger partial charge in [-0.25, -0.2) is 0 Å². The summed E-state index contributed by atoms with van der Waals surface area (Å²) in [6.45, 7) is 2.70. The molecular formula is C16H25ClN2O2. The normalized spacial score (nSPS) is 13.6. The first-order valence-corrected chi connectivity index (χ1v) is 7.39. The maximum absolute atomic E-state index is 12.1. The fraction of sp³-hybridized carbons (Fsp3) is 0.562. The first kappa shape index (κ1) is 18.0. The molecule has 5 heteroatoms. The second-order valence-corrected chi connectivity index (χ2v) is 5.36. The van der Waals surface area contributed by atoms with E-state index in [4.69, 9.17) is 10.5 Å². The summed E-state index contributed by atoms with van der Waals surface area (Å²) in [4.78, 5) is 13.9. The van der Waals surface area contributed by atoms with E-state index in [2.05, 4.69) is 12.1 Å². The Labute approximate surface area is 133 Å². The lowest BCUT2D eigenvalue weighted by Gasteiger charge is -2.22. The molecule has 4 nitrogen and oxygen atoms in total. The lowest BCUT2D eigenvalue weighted by molar-refractivity contribution is -0.136. The van der Waals surface area contributed by atoms with E-state index >= 15 is 0 Å². The Morgan fingerprint density at radius 3 is 2.57 bits per heavy atom. The summed E-state index contributed by atoms with van der Waals surface area (Å²) in [5, 5.41) is 0. The average Bonchev–Trinajstić information content (AvgIpc) is 3.28. The van der Waals surface area contributed by atoms with Gasteiger partial charge >= 0.3 is 0 Å². The minimum absolute atomic E-state index is 0. The van der Waals surface area contributed by atoms with Gasteiger partial charge in [-0.3, -0.25) is 4.79 Å². The van der Waals surface area contributed by atoms with Crippen molar-refractivity contribution in [2.45, 2.75) is 19.3 Å². The maximum Gasteiger partial charge on any atom is 0.248 e. The third-order valence-corrected chi connectivity index (χ3v) is 3.54. The van der Waals surface area contributed by atoms with Crippen LogP contribution < -0.4 is 5.73 Å². The standard InChI is InChI=1S/C16H24N2O2.ClH/c17-9-11-18(10-8-14-4-2-1-3-5-14)16(19)13-20-12-15-6-7-15;/h1-5,15H,6-13,17H2;1H. The van der Waals surface area contributed by atoms with E-state index < -0.39 is 0 Å². The fourth-order valence-electron chi connectivity index (χ4n) is 2.11. The molecule has 0 aromatic heterocycles. The summed E-state index contributed by atoms with van der Waals surface area (Å²) in [7, 11) is 0. The lowest BCUT2D eigenvalue weighted by atomic mass is 10.1. The summed E-state index contributed by atoms with van der Waals surface area (Å²) in [5.41, 5.74) is 6.83. The molecule has 2 N–H and O–H groups in total. The van der Waals surface area contributed by atoms with Gasteiger partial charge < -0.3 is 15.4 Å². The van der Waals surface area contributed by atoms with Gasteiger partial charge in [-0.05, 0) is 30.7 Å². The van der Waals surface area contributed by atoms with E-state index in [1.165, 1.54) is 18.4 Å². The third-order valence-electron chi connectivity index (χ3n) is 3.54. The first-order valence-electron chi connectivity index (χ1n) is 7.39. The van der Waals surface area contributed by atoms with E-state index in [0.29, 0.717) is 25.6 Å². The zero-order valence-corrected chi connectivity index (χ0v) is 13.2. The van der Waals surface area contributed by atoms with Crippen LogP contribution in [0.4, 0.5) is 0 Å². The molecule has 0 atom stereocenters. The molecule has 1 saturated carbocycles. The highest BCUT2D eigenvalue weighted by atomic mass is 35.5. The summed E-state index contributed by atoms with van der Waals surface area (Å²) in [6.07, 6.45) is 3.35. The van der Waals surface area contributed by atoms with E-state index in [1.54, 1.807) is 4.90 Å². The SMILES string of the molecule is Cl.NCCN(CCc1ccccc1)C(=O)COCC1CC1. The molecule has 0 unspecified atom stereocenters. The van der Waals surface area contributed by atoms with E-state index in [1.807, 2.05) is 18.2 Å². The summed E-state index contributed by atoms with van der Waals surface area (Å²) in [5.74, 6) is 0.738. The van der Waals surface area contributed by atoms with Crippen LogP contribution in [-0.2, 0) is 16.0 Å². The minimum Gasteiger partial charge on any atom is -0.371 e. The fourth-order valence-corrected chi connectivity index (χ4v) is 2.11. The van der Waals surface area contributed by atoms with Crippen molar-refractivity contribution < 1.29 is 9.53 Å². The summed E-state index contributed by atoms with van der Waals surface area (Å²) in [6, 6.07) is 10.2. The maximum atomic E-state index is 12.1. The van der Waals surface area contributed by atoms with Crippen LogP contribution >= 0.6 is 12.4 Å². The highest BCUT2D eigenvalue weighted by Gasteiger charge is 2.22. The zero-order valence-electron chi connectivity index (χ0n) is 12.4. The number of ether oxygens (including phenoxy) is 1. The van der Waals surface area contributed by atoms with Gasteiger partial charge in [-0.15, -0.1) is 12.4 Å². The number of hydrogen-bond acceptors (Lipinski definition) is 3. The smallest absolute Gasteiger partial charge is 0.248 e. The number of benzene rings is 1. The molecule has 1 aromatic rings. The van der Waals surface area contributed by atoms with Crippen LogP contribution in [0.25, 0.3) is 0 Å². The van der Waals surface area contributed by atoms with Gasteiger partial charge in [0, 0.05) is 19.6 Å². The van der Waals surface area contributed by atoms with Gasteiger partial charge in [0.15, 0.2) is 0 Å². The van der Waals surface area contributed by atoms with Crippen molar-refractivity contribution in [1.82, 2.24) is 4.90 Å². The highest BCUT2D eigenvalue weighted by molar-refractivity contribution is 5.85. The van der Waals surface area contributed by atoms with Crippen molar-refractivity contribution in [3.05, 3.63) is 35.9 Å². The molecule has 1 aliphatic carbocycles. The van der Waals surface area contributed by atoms with Crippen LogP contribution in [0, 0.1) is 5.92 Å². The monoisotopic (exact) mass is 312 g/mol. The van der Waals surface area contributed by atoms with Crippen LogP contribution in [0.3, 0.4) is 0 Å². The van der Waals surface area contributed by atoms with Gasteiger partial charge in [-0.2, -0.15) is 0 Å². The number of halogens is 1. The predicted octanol–water partition coefficient (Wildman–Crippen LogP) is 1.86. The second-order valence-electron chi connectivity index (χ2n) is 5.36. The third kappa shape index (κ3) is 6.93. The Morgan fingerprint density at radius 1 is 1.24 bits per heavy atom. The first-order chi connectivity index (χ1) is 9.79. The van der Waals surface area contributed by atoms with Crippen molar-refractivity contribution in [2.75, 3.05) is 32.8 Å². The van der Waals surface area contributed by atoms with Gasteiger partial charge in [0.1, 0.15) is 6.61 Å². The molecule has 0 spiro atoms. The van der Waals surface area contributed by atoms with Gasteiger partial charge in [0.05, 0.1) is 6.61 Å². The van der Waals surface area contributed by atoms with Crippen molar-refractivity contribution in [3.63, 3.8) is 0 Å². The van der Waals surface area contributed by atoms with Crippen LogP contribution in [0.2, 0.25) is 0 Å². The molecule has 0 radical (unpaired) electrons. The molecule has 0 aliphatic heterocycles. The Hall–Kier alpha value is -1.10. The number of amides is 1. The van der Waals surface area contributed by atoms with Gasteiger partial charge in [-0.1, -0.05) is 30.3 Å². The summed E-state index contributed by atoms with van der Waals surface area (Å²) < 4.78 is 5.47. The van der Waals surface area contributed by atoms with Crippen LogP contribution in [0.1, 0.15) is 18.4 Å². The van der Waals surface area contributed by atoms with Gasteiger partial charge in [0.25, 0.3) is 0 Å². The lowest BCUT2D eigenvalue weighted by Crippen LogP contribution is -2.39. The van der Waals surface area contributed by atoms with Crippen molar-refractivity contribution in [1.29, 1.82) is 0 Å². The summed E-state index contributed by atoms with van der Waals surface area (Å²) >= 11 is 0. The zero-order chi connectivity index (χ0) is 14.2. The predicted molar refractivity (Wildman–Crippen MR) is 86.6 cm³/mol. The molecule has 1 amide bonds. The molecule has 0 saturated heterocycles. The number of carbonyl (C=O) groups is 1. The molecule has 21 heavy (non-hydrogen) atoms. The number of nitrogens with two attached hydrogens (primary N) is 1. The number of nitrogens with zero attached hydrogens (tertiary/aromatic N) is 1. The molecule has 1 aromatic carbocycles. The highest BCUT2D eigenvalue weighted by Crippen LogP contribution is 2.28. The largest absolute Gasteiger partial charge is 0.371 e. The van der Waals surface area contributed by atoms with E-state index in [-0.39, 0.29) is 24.9 Å². The number of rotatable bonds is 9. The Bertz CT molecular complexity index is 410. The van der Waals surface area contributed by atoms with Gasteiger partial charge in [0.2, 0.25) is 5.91 Å². The topological polar surface area (TPSA) is 55.6 Å². The molecule has 0 bridgehead atoms. The average molecular weight is 313 g/mol. The second kappa shape index (κ2) is 9.77. The number of hydrogen-bond donors (Lipinski definition) is 1. The molecule has 1 aliphatic rings. The van der Waals surface area contributed by atoms with E-state index in [9.17, 15) is 4.79 Å². The van der Waals surface area contributed by atoms with Crippen molar-refractivity contribution in [3.8, 4) is 0 Å². The van der Waals surface area contributed by atoms with Crippen LogP contribution in [-0.4, -0.2) is 43.7 Å². The Morgan fingerprint density at radius 2 is 1.95 bits per heavy atom. The molecule has 2 rings (SSSR count). The van der Waals surface area contributed by atoms with E-state index in [0.717, 1.165) is 13.0 Å². The molecule has 118 valence electrons. The number of carbonyl (C=O) groups excluding carboxylic acids is 1. The van der Waals surface area contributed by atoms with Crippen molar-refractivity contribution >= 4 is 18.3 Å². The Kier molecular flexibility index (Phi) is 8.35. The minimum atomic E-state index is 0. The van der Waals surface area contributed by atoms with Crippen LogP contribution in [0.15, 0.2) is 30.3 Å². The van der Waals surface area contributed by atoms with Crippen molar-refractivity contribution in [2.24, 2.45) is 11.7 Å². The molecule has 0 heterocycles. The Balaban J connectivity index is 0.00000220. The molecule has 1 fully saturated rings. The molecular weight excluding hydrogens is 288 g/mol.